The molecule has 0 heterocycles. The van der Waals surface area contributed by atoms with E-state index < -0.39 is 15.8 Å². The van der Waals surface area contributed by atoms with Crippen LogP contribution < -0.4 is 4.72 Å². The maximum absolute atomic E-state index is 12.9. The van der Waals surface area contributed by atoms with Crippen LogP contribution in [-0.2, 0) is 14.8 Å². The van der Waals surface area contributed by atoms with Crippen LogP contribution in [0.4, 0.5) is 4.39 Å². The number of rotatable bonds is 8. The zero-order chi connectivity index (χ0) is 15.2. The summed E-state index contributed by atoms with van der Waals surface area (Å²) in [5.74, 6) is -0.582. The van der Waals surface area contributed by atoms with Crippen molar-refractivity contribution in [3.05, 3.63) is 29.0 Å². The Balaban J connectivity index is 2.46. The van der Waals surface area contributed by atoms with Gasteiger partial charge in [-0.2, -0.15) is 0 Å². The zero-order valence-corrected chi connectivity index (χ0v) is 13.0. The third kappa shape index (κ3) is 5.72. The van der Waals surface area contributed by atoms with E-state index in [1.807, 2.05) is 19.0 Å². The molecule has 0 saturated carbocycles. The quantitative estimate of drug-likeness (QED) is 0.733. The first-order valence-corrected chi connectivity index (χ1v) is 7.86. The largest absolute Gasteiger partial charge is 0.379 e. The molecule has 20 heavy (non-hydrogen) atoms. The first-order valence-electron chi connectivity index (χ1n) is 6.00. The van der Waals surface area contributed by atoms with Crippen LogP contribution in [-0.4, -0.2) is 53.7 Å². The summed E-state index contributed by atoms with van der Waals surface area (Å²) in [5.41, 5.74) is 0. The highest BCUT2D eigenvalue weighted by atomic mass is 35.5. The zero-order valence-electron chi connectivity index (χ0n) is 11.4. The molecule has 0 atom stereocenters. The normalized spacial score (nSPS) is 12.1. The van der Waals surface area contributed by atoms with Crippen LogP contribution in [0.25, 0.3) is 0 Å². The van der Waals surface area contributed by atoms with Crippen LogP contribution in [0.15, 0.2) is 23.1 Å². The van der Waals surface area contributed by atoms with Gasteiger partial charge < -0.3 is 9.64 Å². The second-order valence-electron chi connectivity index (χ2n) is 4.39. The minimum atomic E-state index is -3.75. The first-order chi connectivity index (χ1) is 9.33. The maximum Gasteiger partial charge on any atom is 0.242 e. The van der Waals surface area contributed by atoms with Gasteiger partial charge in [0.1, 0.15) is 10.7 Å². The Labute approximate surface area is 123 Å². The van der Waals surface area contributed by atoms with Crippen LogP contribution in [0.1, 0.15) is 0 Å². The first kappa shape index (κ1) is 17.3. The Morgan fingerprint density at radius 1 is 1.35 bits per heavy atom. The second-order valence-corrected chi connectivity index (χ2v) is 6.53. The molecule has 0 radical (unpaired) electrons. The molecule has 0 saturated heterocycles. The lowest BCUT2D eigenvalue weighted by Crippen LogP contribution is -2.28. The predicted molar refractivity (Wildman–Crippen MR) is 76.0 cm³/mol. The van der Waals surface area contributed by atoms with Crippen molar-refractivity contribution in [2.24, 2.45) is 0 Å². The fourth-order valence-corrected chi connectivity index (χ4v) is 2.91. The minimum Gasteiger partial charge on any atom is -0.379 e. The lowest BCUT2D eigenvalue weighted by Gasteiger charge is -2.11. The Hall–Kier alpha value is -0.730. The van der Waals surface area contributed by atoms with E-state index in [9.17, 15) is 12.8 Å². The van der Waals surface area contributed by atoms with Crippen molar-refractivity contribution in [3.63, 3.8) is 0 Å². The molecule has 0 bridgehead atoms. The van der Waals surface area contributed by atoms with Gasteiger partial charge in [-0.25, -0.2) is 17.5 Å². The average Bonchev–Trinajstić information content (AvgIpc) is 2.32. The summed E-state index contributed by atoms with van der Waals surface area (Å²) in [7, 11) is 0.0882. The Morgan fingerprint density at radius 3 is 2.65 bits per heavy atom. The summed E-state index contributed by atoms with van der Waals surface area (Å²) in [6.07, 6.45) is 0. The molecule has 0 unspecified atom stereocenters. The molecule has 1 rings (SSSR count). The van der Waals surface area contributed by atoms with Gasteiger partial charge in [-0.05, 0) is 32.3 Å². The number of sulfonamides is 1. The second kappa shape index (κ2) is 7.90. The molecule has 0 fully saturated rings. The van der Waals surface area contributed by atoms with Gasteiger partial charge in [-0.3, -0.25) is 0 Å². The molecule has 0 amide bonds. The number of nitrogens with one attached hydrogen (secondary N) is 1. The van der Waals surface area contributed by atoms with Crippen molar-refractivity contribution in [1.82, 2.24) is 9.62 Å². The van der Waals surface area contributed by atoms with Crippen molar-refractivity contribution in [2.75, 3.05) is 40.4 Å². The highest BCUT2D eigenvalue weighted by Crippen LogP contribution is 2.21. The van der Waals surface area contributed by atoms with Crippen LogP contribution in [0, 0.1) is 5.82 Å². The number of hydrogen-bond acceptors (Lipinski definition) is 4. The van der Waals surface area contributed by atoms with Crippen molar-refractivity contribution < 1.29 is 17.5 Å². The lowest BCUT2D eigenvalue weighted by atomic mass is 10.3. The van der Waals surface area contributed by atoms with Gasteiger partial charge in [0.05, 0.1) is 18.2 Å². The average molecular weight is 325 g/mol. The molecule has 0 aliphatic rings. The van der Waals surface area contributed by atoms with Gasteiger partial charge in [0.2, 0.25) is 10.0 Å². The standard InChI is InChI=1S/C12H18ClFN2O3S/c1-16(2)6-8-19-7-5-15-20(17,18)12-4-3-10(14)9-11(12)13/h3-4,9,15H,5-8H2,1-2H3. The van der Waals surface area contributed by atoms with Gasteiger partial charge in [0.15, 0.2) is 0 Å². The van der Waals surface area contributed by atoms with Gasteiger partial charge in [0, 0.05) is 13.1 Å². The summed E-state index contributed by atoms with van der Waals surface area (Å²) in [6.45, 7) is 1.66. The minimum absolute atomic E-state index is 0.128. The van der Waals surface area contributed by atoms with Crippen LogP contribution in [0.2, 0.25) is 5.02 Å². The topological polar surface area (TPSA) is 58.6 Å². The molecule has 114 valence electrons. The molecule has 1 N–H and O–H groups in total. The van der Waals surface area contributed by atoms with E-state index in [0.29, 0.717) is 6.61 Å². The molecular weight excluding hydrogens is 307 g/mol. The number of hydrogen-bond donors (Lipinski definition) is 1. The summed E-state index contributed by atoms with van der Waals surface area (Å²) in [6, 6.07) is 3.14. The van der Waals surface area contributed by atoms with Crippen LogP contribution in [0.3, 0.4) is 0 Å². The van der Waals surface area contributed by atoms with E-state index in [2.05, 4.69) is 4.72 Å². The summed E-state index contributed by atoms with van der Waals surface area (Å²) in [4.78, 5) is 1.82. The molecule has 0 aromatic heterocycles. The summed E-state index contributed by atoms with van der Waals surface area (Å²) in [5, 5.41) is -0.147. The monoisotopic (exact) mass is 324 g/mol. The van der Waals surface area contributed by atoms with Crippen molar-refractivity contribution >= 4 is 21.6 Å². The highest BCUT2D eigenvalue weighted by Gasteiger charge is 2.17. The molecular formula is C12H18ClFN2O3S. The Morgan fingerprint density at radius 2 is 2.05 bits per heavy atom. The molecule has 0 aliphatic heterocycles. The van der Waals surface area contributed by atoms with Gasteiger partial charge in [0.25, 0.3) is 0 Å². The summed E-state index contributed by atoms with van der Waals surface area (Å²) >= 11 is 5.72. The van der Waals surface area contributed by atoms with Crippen LogP contribution in [0.5, 0.6) is 0 Å². The van der Waals surface area contributed by atoms with Crippen LogP contribution >= 0.6 is 11.6 Å². The number of benzene rings is 1. The smallest absolute Gasteiger partial charge is 0.242 e. The van der Waals surface area contributed by atoms with Crippen molar-refractivity contribution in [1.29, 1.82) is 0 Å². The summed E-state index contributed by atoms with van der Waals surface area (Å²) < 4.78 is 44.3. The molecule has 1 aromatic carbocycles. The molecule has 8 heteroatoms. The molecule has 0 aliphatic carbocycles. The SMILES string of the molecule is CN(C)CCOCCNS(=O)(=O)c1ccc(F)cc1Cl. The molecule has 1 aromatic rings. The van der Waals surface area contributed by atoms with E-state index in [1.54, 1.807) is 0 Å². The third-order valence-electron chi connectivity index (χ3n) is 2.40. The third-order valence-corrected chi connectivity index (χ3v) is 4.35. The number of ether oxygens (including phenoxy) is 1. The number of likely N-dealkylation sites (N-methyl/N-ethyl adjacent to an activating group) is 1. The predicted octanol–water partition coefficient (Wildman–Crippen LogP) is 1.34. The highest BCUT2D eigenvalue weighted by molar-refractivity contribution is 7.89. The van der Waals surface area contributed by atoms with Crippen molar-refractivity contribution in [3.8, 4) is 0 Å². The number of nitrogens with zero attached hydrogens (tertiary/aromatic N) is 1. The van der Waals surface area contributed by atoms with E-state index in [-0.39, 0.29) is 23.1 Å². The maximum atomic E-state index is 12.9. The fraction of sp³-hybridized carbons (Fsp3) is 0.500. The van der Waals surface area contributed by atoms with Gasteiger partial charge in [-0.15, -0.1) is 0 Å². The van der Waals surface area contributed by atoms with Gasteiger partial charge >= 0.3 is 0 Å². The Kier molecular flexibility index (Phi) is 6.84. The van der Waals surface area contributed by atoms with E-state index >= 15 is 0 Å². The van der Waals surface area contributed by atoms with E-state index in [4.69, 9.17) is 16.3 Å². The van der Waals surface area contributed by atoms with E-state index in [1.165, 1.54) is 0 Å². The van der Waals surface area contributed by atoms with E-state index in [0.717, 1.165) is 24.7 Å². The Bertz CT molecular complexity index is 538. The fourth-order valence-electron chi connectivity index (χ4n) is 1.37. The molecule has 5 nitrogen and oxygen atoms in total. The van der Waals surface area contributed by atoms with Crippen molar-refractivity contribution in [2.45, 2.75) is 4.90 Å². The van der Waals surface area contributed by atoms with Gasteiger partial charge in [-0.1, -0.05) is 11.6 Å². The molecule has 0 spiro atoms. The number of halogens is 2. The lowest BCUT2D eigenvalue weighted by molar-refractivity contribution is 0.122.